The fraction of sp³-hybridized carbons (Fsp3) is 0.0667. The first-order valence-corrected chi connectivity index (χ1v) is 11.0. The molecule has 3 aromatic rings. The van der Waals surface area contributed by atoms with E-state index in [1.54, 1.807) is 6.92 Å². The number of ether oxygens (including phenoxy) is 4. The second-order valence-electron chi connectivity index (χ2n) is 7.69. The summed E-state index contributed by atoms with van der Waals surface area (Å²) in [6.07, 6.45) is 6.02. The fourth-order valence-corrected chi connectivity index (χ4v) is 3.15. The predicted octanol–water partition coefficient (Wildman–Crippen LogP) is 6.88. The molecule has 0 unspecified atom stereocenters. The summed E-state index contributed by atoms with van der Waals surface area (Å²) in [5.74, 6) is 0.175. The first kappa shape index (κ1) is 25.8. The highest BCUT2D eigenvalue weighted by atomic mass is 16.5. The van der Waals surface area contributed by atoms with Crippen molar-refractivity contribution in [3.8, 4) is 33.8 Å². The first-order chi connectivity index (χ1) is 17.4. The lowest BCUT2D eigenvalue weighted by atomic mass is 9.96. The van der Waals surface area contributed by atoms with E-state index < -0.39 is 11.9 Å². The SMILES string of the molecule is C=CC(=O)OC=COc1ccc(-c2ccc(-c3ccc(OC=COC(=O)C(=C)C)cc3)c(C)c2)cc1. The third-order valence-corrected chi connectivity index (χ3v) is 4.97. The van der Waals surface area contributed by atoms with Crippen LogP contribution in [0.15, 0.2) is 117 Å². The zero-order valence-electron chi connectivity index (χ0n) is 20.1. The Morgan fingerprint density at radius 3 is 1.78 bits per heavy atom. The van der Waals surface area contributed by atoms with Crippen LogP contribution in [0.1, 0.15) is 12.5 Å². The van der Waals surface area contributed by atoms with Gasteiger partial charge in [-0.05, 0) is 65.9 Å². The van der Waals surface area contributed by atoms with Crippen LogP contribution >= 0.6 is 0 Å². The normalized spacial score (nSPS) is 10.7. The van der Waals surface area contributed by atoms with Gasteiger partial charge in [0.2, 0.25) is 0 Å². The van der Waals surface area contributed by atoms with Crippen LogP contribution in [0.5, 0.6) is 11.5 Å². The quantitative estimate of drug-likeness (QED) is 0.178. The van der Waals surface area contributed by atoms with Crippen molar-refractivity contribution in [2.45, 2.75) is 13.8 Å². The van der Waals surface area contributed by atoms with E-state index in [0.717, 1.165) is 40.2 Å². The van der Waals surface area contributed by atoms with Crippen LogP contribution in [0.4, 0.5) is 0 Å². The minimum atomic E-state index is -0.552. The molecule has 3 aromatic carbocycles. The van der Waals surface area contributed by atoms with Gasteiger partial charge in [0.1, 0.15) is 36.5 Å². The Kier molecular flexibility index (Phi) is 9.00. The van der Waals surface area contributed by atoms with Gasteiger partial charge in [-0.1, -0.05) is 55.6 Å². The maximum Gasteiger partial charge on any atom is 0.338 e. The highest BCUT2D eigenvalue weighted by Gasteiger charge is 2.06. The molecule has 0 fully saturated rings. The van der Waals surface area contributed by atoms with E-state index in [1.807, 2.05) is 48.5 Å². The molecule has 182 valence electrons. The molecule has 36 heavy (non-hydrogen) atoms. The van der Waals surface area contributed by atoms with Gasteiger partial charge in [-0.2, -0.15) is 0 Å². The molecule has 6 nitrogen and oxygen atoms in total. The summed E-state index contributed by atoms with van der Waals surface area (Å²) in [6, 6.07) is 21.5. The van der Waals surface area contributed by atoms with Gasteiger partial charge in [0, 0.05) is 11.6 Å². The number of esters is 2. The van der Waals surface area contributed by atoms with Gasteiger partial charge in [0.25, 0.3) is 0 Å². The fourth-order valence-electron chi connectivity index (χ4n) is 3.15. The summed E-state index contributed by atoms with van der Waals surface area (Å²) >= 11 is 0. The van der Waals surface area contributed by atoms with Gasteiger partial charge in [0.05, 0.1) is 0 Å². The molecule has 0 saturated carbocycles. The molecule has 6 heteroatoms. The van der Waals surface area contributed by atoms with E-state index in [9.17, 15) is 9.59 Å². The highest BCUT2D eigenvalue weighted by Crippen LogP contribution is 2.30. The summed E-state index contributed by atoms with van der Waals surface area (Å²) in [5, 5.41) is 0. The number of benzene rings is 3. The minimum Gasteiger partial charge on any atom is -0.462 e. The zero-order valence-corrected chi connectivity index (χ0v) is 20.1. The van der Waals surface area contributed by atoms with Crippen molar-refractivity contribution in [3.05, 3.63) is 122 Å². The predicted molar refractivity (Wildman–Crippen MR) is 139 cm³/mol. The molecule has 0 amide bonds. The molecule has 0 bridgehead atoms. The van der Waals surface area contributed by atoms with Gasteiger partial charge in [-0.3, -0.25) is 0 Å². The van der Waals surface area contributed by atoms with Crippen LogP contribution < -0.4 is 9.47 Å². The van der Waals surface area contributed by atoms with E-state index in [4.69, 9.17) is 18.9 Å². The standard InChI is InChI=1S/C30H26O6/c1-5-29(31)35-18-16-33-26-11-6-23(7-12-26)25-10-15-28(22(4)20-25)24-8-13-27(14-9-24)34-17-19-36-30(32)21(2)3/h5-20H,1-2H2,3-4H3. The lowest BCUT2D eigenvalue weighted by Gasteiger charge is -2.10. The van der Waals surface area contributed by atoms with Gasteiger partial charge < -0.3 is 18.9 Å². The molecule has 0 saturated heterocycles. The van der Waals surface area contributed by atoms with E-state index in [2.05, 4.69) is 38.3 Å². The molecule has 0 heterocycles. The molecule has 0 aliphatic rings. The van der Waals surface area contributed by atoms with E-state index in [1.165, 1.54) is 18.8 Å². The van der Waals surface area contributed by atoms with Gasteiger partial charge in [-0.25, -0.2) is 9.59 Å². The maximum absolute atomic E-state index is 11.3. The summed E-state index contributed by atoms with van der Waals surface area (Å²) in [4.78, 5) is 22.3. The van der Waals surface area contributed by atoms with Crippen LogP contribution in [-0.2, 0) is 19.1 Å². The van der Waals surface area contributed by atoms with Crippen molar-refractivity contribution in [2.24, 2.45) is 0 Å². The number of hydrogen-bond donors (Lipinski definition) is 0. The molecule has 3 rings (SSSR count). The Bertz CT molecular complexity index is 1300. The maximum atomic E-state index is 11.3. The summed E-state index contributed by atoms with van der Waals surface area (Å²) in [6.45, 7) is 10.5. The number of carbonyl (C=O) groups excluding carboxylic acids is 2. The Balaban J connectivity index is 1.62. The van der Waals surface area contributed by atoms with E-state index in [-0.39, 0.29) is 0 Å². The number of rotatable bonds is 10. The van der Waals surface area contributed by atoms with Gasteiger partial charge in [-0.15, -0.1) is 0 Å². The number of aryl methyl sites for hydroxylation is 1. The largest absolute Gasteiger partial charge is 0.462 e. The topological polar surface area (TPSA) is 71.1 Å². The molecular weight excluding hydrogens is 456 g/mol. The van der Waals surface area contributed by atoms with E-state index >= 15 is 0 Å². The van der Waals surface area contributed by atoms with Crippen LogP contribution in [-0.4, -0.2) is 11.9 Å². The van der Waals surface area contributed by atoms with Crippen LogP contribution in [0.2, 0.25) is 0 Å². The Morgan fingerprint density at radius 2 is 1.25 bits per heavy atom. The molecule has 0 atom stereocenters. The molecule has 0 aromatic heterocycles. The average molecular weight is 483 g/mol. The smallest absolute Gasteiger partial charge is 0.338 e. The Labute approximate surface area is 210 Å². The van der Waals surface area contributed by atoms with Crippen LogP contribution in [0.3, 0.4) is 0 Å². The molecular formula is C30H26O6. The van der Waals surface area contributed by atoms with E-state index in [0.29, 0.717) is 17.1 Å². The third-order valence-electron chi connectivity index (χ3n) is 4.97. The number of hydrogen-bond acceptors (Lipinski definition) is 6. The number of carbonyl (C=O) groups is 2. The monoisotopic (exact) mass is 482 g/mol. The Hall–Kier alpha value is -4.84. The second-order valence-corrected chi connectivity index (χ2v) is 7.69. The lowest BCUT2D eigenvalue weighted by molar-refractivity contribution is -0.134. The van der Waals surface area contributed by atoms with Gasteiger partial charge >= 0.3 is 11.9 Å². The summed E-state index contributed by atoms with van der Waals surface area (Å²) in [7, 11) is 0. The summed E-state index contributed by atoms with van der Waals surface area (Å²) < 4.78 is 20.5. The minimum absolute atomic E-state index is 0.314. The van der Waals surface area contributed by atoms with Crippen molar-refractivity contribution < 1.29 is 28.5 Å². The van der Waals surface area contributed by atoms with Crippen molar-refractivity contribution in [1.29, 1.82) is 0 Å². The molecule has 0 N–H and O–H groups in total. The average Bonchev–Trinajstić information content (AvgIpc) is 2.89. The lowest BCUT2D eigenvalue weighted by Crippen LogP contribution is -1.99. The third kappa shape index (κ3) is 7.33. The summed E-state index contributed by atoms with van der Waals surface area (Å²) in [5.41, 5.74) is 5.72. The van der Waals surface area contributed by atoms with Crippen molar-refractivity contribution in [2.75, 3.05) is 0 Å². The molecule has 0 aliphatic heterocycles. The van der Waals surface area contributed by atoms with Crippen molar-refractivity contribution >= 4 is 11.9 Å². The highest BCUT2D eigenvalue weighted by molar-refractivity contribution is 5.87. The second kappa shape index (κ2) is 12.6. The zero-order chi connectivity index (χ0) is 25.9. The molecule has 0 radical (unpaired) electrons. The van der Waals surface area contributed by atoms with Crippen molar-refractivity contribution in [3.63, 3.8) is 0 Å². The molecule has 0 aliphatic carbocycles. The van der Waals surface area contributed by atoms with Crippen LogP contribution in [0, 0.1) is 6.92 Å². The first-order valence-electron chi connectivity index (χ1n) is 11.0. The molecule has 0 spiro atoms. The van der Waals surface area contributed by atoms with Crippen LogP contribution in [0.25, 0.3) is 22.3 Å². The van der Waals surface area contributed by atoms with Crippen molar-refractivity contribution in [1.82, 2.24) is 0 Å². The Morgan fingerprint density at radius 1 is 0.722 bits per heavy atom. The van der Waals surface area contributed by atoms with Gasteiger partial charge in [0.15, 0.2) is 0 Å².